The van der Waals surface area contributed by atoms with Gasteiger partial charge in [-0.25, -0.2) is 9.31 Å². The van der Waals surface area contributed by atoms with Gasteiger partial charge in [-0.2, -0.15) is 13.2 Å². The van der Waals surface area contributed by atoms with Gasteiger partial charge in [-0.05, 0) is 31.3 Å². The first-order valence-corrected chi connectivity index (χ1v) is 11.4. The minimum atomic E-state index is -5.08. The number of aromatic nitrogens is 3. The lowest BCUT2D eigenvalue weighted by atomic mass is 10.0. The van der Waals surface area contributed by atoms with Gasteiger partial charge >= 0.3 is 12.1 Å². The Bertz CT molecular complexity index is 1420. The highest BCUT2D eigenvalue weighted by molar-refractivity contribution is 5.91. The van der Waals surface area contributed by atoms with Gasteiger partial charge < -0.3 is 19.2 Å². The summed E-state index contributed by atoms with van der Waals surface area (Å²) in [7, 11) is 3.72. The molecule has 1 saturated heterocycles. The quantitative estimate of drug-likeness (QED) is 0.424. The molecule has 0 spiro atoms. The number of para-hydroxylation sites is 1. The standard InChI is InChI=1S/C23H23N5O3.C2HF3O2/c1-26-11-12-27(23(29)21-8-5-13-31-21)15-19(26)22-18-10-9-16(14-28(18)25-24-22)17-6-3-4-7-20(17)30-2;3-2(4,5)1(6)7/h3-10,13-14,19H,11-12,15H2,1-2H3;(H,6,7). The summed E-state index contributed by atoms with van der Waals surface area (Å²) in [6.07, 6.45) is -1.61. The van der Waals surface area contributed by atoms with Crippen LogP contribution in [0.4, 0.5) is 13.2 Å². The maximum atomic E-state index is 12.8. The number of carboxylic acid groups (broad SMARTS) is 1. The summed E-state index contributed by atoms with van der Waals surface area (Å²) in [4.78, 5) is 25.7. The first-order chi connectivity index (χ1) is 18.1. The number of nitrogens with zero attached hydrogens (tertiary/aromatic N) is 5. The monoisotopic (exact) mass is 531 g/mol. The first-order valence-electron chi connectivity index (χ1n) is 11.4. The van der Waals surface area contributed by atoms with Gasteiger partial charge in [0.15, 0.2) is 5.76 Å². The maximum Gasteiger partial charge on any atom is 0.490 e. The van der Waals surface area contributed by atoms with E-state index in [9.17, 15) is 18.0 Å². The van der Waals surface area contributed by atoms with Gasteiger partial charge in [-0.3, -0.25) is 9.69 Å². The Morgan fingerprint density at radius 3 is 2.50 bits per heavy atom. The Labute approximate surface area is 214 Å². The van der Waals surface area contributed by atoms with Crippen molar-refractivity contribution in [2.24, 2.45) is 0 Å². The number of ether oxygens (including phenoxy) is 1. The number of aliphatic carboxylic acids is 1. The summed E-state index contributed by atoms with van der Waals surface area (Å²) in [6, 6.07) is 15.3. The molecule has 200 valence electrons. The highest BCUT2D eigenvalue weighted by Crippen LogP contribution is 2.32. The summed E-state index contributed by atoms with van der Waals surface area (Å²) >= 11 is 0. The molecule has 4 heterocycles. The lowest BCUT2D eigenvalue weighted by molar-refractivity contribution is -0.192. The van der Waals surface area contributed by atoms with E-state index in [4.69, 9.17) is 19.1 Å². The number of pyridine rings is 1. The number of hydrogen-bond donors (Lipinski definition) is 1. The Balaban J connectivity index is 0.000000426. The molecule has 1 fully saturated rings. The van der Waals surface area contributed by atoms with Crippen molar-refractivity contribution in [1.82, 2.24) is 24.6 Å². The second kappa shape index (κ2) is 10.9. The summed E-state index contributed by atoms with van der Waals surface area (Å²) in [5.74, 6) is -1.69. The van der Waals surface area contributed by atoms with E-state index in [2.05, 4.69) is 21.3 Å². The van der Waals surface area contributed by atoms with E-state index in [-0.39, 0.29) is 11.9 Å². The number of methoxy groups -OCH3 is 1. The third-order valence-corrected chi connectivity index (χ3v) is 6.08. The minimum Gasteiger partial charge on any atom is -0.496 e. The van der Waals surface area contributed by atoms with Crippen LogP contribution < -0.4 is 4.74 Å². The maximum absolute atomic E-state index is 12.8. The first kappa shape index (κ1) is 26.7. The smallest absolute Gasteiger partial charge is 0.490 e. The number of hydrogen-bond acceptors (Lipinski definition) is 7. The van der Waals surface area contributed by atoms with Crippen molar-refractivity contribution < 1.29 is 37.0 Å². The van der Waals surface area contributed by atoms with E-state index in [0.717, 1.165) is 34.6 Å². The van der Waals surface area contributed by atoms with E-state index in [1.54, 1.807) is 23.8 Å². The van der Waals surface area contributed by atoms with Crippen molar-refractivity contribution in [2.75, 3.05) is 33.8 Å². The van der Waals surface area contributed by atoms with Crippen molar-refractivity contribution in [3.05, 3.63) is 72.4 Å². The van der Waals surface area contributed by atoms with Crippen LogP contribution in [0.2, 0.25) is 0 Å². The number of furan rings is 1. The zero-order valence-electron chi connectivity index (χ0n) is 20.4. The Morgan fingerprint density at radius 1 is 1.11 bits per heavy atom. The predicted octanol–water partition coefficient (Wildman–Crippen LogP) is 3.76. The average molecular weight is 531 g/mol. The highest BCUT2D eigenvalue weighted by Gasteiger charge is 2.38. The summed E-state index contributed by atoms with van der Waals surface area (Å²) in [5.41, 5.74) is 3.76. The van der Waals surface area contributed by atoms with Crippen molar-refractivity contribution in [1.29, 1.82) is 0 Å². The van der Waals surface area contributed by atoms with E-state index >= 15 is 0 Å². The molecule has 0 bridgehead atoms. The molecule has 3 aromatic heterocycles. The summed E-state index contributed by atoms with van der Waals surface area (Å²) in [6.45, 7) is 1.91. The van der Waals surface area contributed by atoms with Crippen LogP contribution in [-0.2, 0) is 4.79 Å². The number of piperazine rings is 1. The molecule has 4 aromatic rings. The molecule has 10 nitrogen and oxygen atoms in total. The van der Waals surface area contributed by atoms with E-state index in [1.807, 2.05) is 48.5 Å². The van der Waals surface area contributed by atoms with Crippen LogP contribution in [0.25, 0.3) is 16.6 Å². The Kier molecular flexibility index (Phi) is 7.67. The van der Waals surface area contributed by atoms with Gasteiger partial charge in [0.2, 0.25) is 0 Å². The Hall–Kier alpha value is -4.39. The van der Waals surface area contributed by atoms with Crippen LogP contribution >= 0.6 is 0 Å². The van der Waals surface area contributed by atoms with Crippen LogP contribution in [0.1, 0.15) is 22.3 Å². The lowest BCUT2D eigenvalue weighted by Crippen LogP contribution is -2.49. The van der Waals surface area contributed by atoms with Crippen LogP contribution in [-0.4, -0.2) is 81.6 Å². The zero-order valence-corrected chi connectivity index (χ0v) is 20.4. The third kappa shape index (κ3) is 5.62. The molecule has 5 rings (SSSR count). The molecule has 0 radical (unpaired) electrons. The normalized spacial score (nSPS) is 16.1. The number of alkyl halides is 3. The fraction of sp³-hybridized carbons (Fsp3) is 0.280. The van der Waals surface area contributed by atoms with Gasteiger partial charge in [-0.1, -0.05) is 29.5 Å². The van der Waals surface area contributed by atoms with Gasteiger partial charge in [0.25, 0.3) is 5.91 Å². The number of halogens is 3. The van der Waals surface area contributed by atoms with Crippen molar-refractivity contribution in [3.63, 3.8) is 0 Å². The molecule has 1 atom stereocenters. The minimum absolute atomic E-state index is 0.0535. The summed E-state index contributed by atoms with van der Waals surface area (Å²) < 4.78 is 44.3. The molecule has 1 amide bonds. The SMILES string of the molecule is COc1ccccc1-c1ccc2c(C3CN(C(=O)c4ccco4)CCN3C)nnn2c1.O=C(O)C(F)(F)F. The van der Waals surface area contributed by atoms with Crippen molar-refractivity contribution >= 4 is 17.4 Å². The topological polar surface area (TPSA) is 113 Å². The molecule has 1 aromatic carbocycles. The lowest BCUT2D eigenvalue weighted by Gasteiger charge is -2.38. The zero-order chi connectivity index (χ0) is 27.4. The number of amides is 1. The van der Waals surface area contributed by atoms with Gasteiger partial charge in [-0.15, -0.1) is 5.10 Å². The van der Waals surface area contributed by atoms with Gasteiger partial charge in [0.1, 0.15) is 11.4 Å². The molecule has 0 saturated carbocycles. The van der Waals surface area contributed by atoms with E-state index in [0.29, 0.717) is 18.8 Å². The number of rotatable bonds is 4. The molecule has 1 aliphatic rings. The number of carbonyl (C=O) groups is 2. The van der Waals surface area contributed by atoms with Crippen LogP contribution in [0.15, 0.2) is 65.4 Å². The van der Waals surface area contributed by atoms with Gasteiger partial charge in [0, 0.05) is 37.0 Å². The Morgan fingerprint density at radius 2 is 1.84 bits per heavy atom. The molecular weight excluding hydrogens is 507 g/mol. The van der Waals surface area contributed by atoms with Crippen molar-refractivity contribution in [3.8, 4) is 16.9 Å². The third-order valence-electron chi connectivity index (χ3n) is 6.08. The number of fused-ring (bicyclic) bond motifs is 1. The van der Waals surface area contributed by atoms with Crippen LogP contribution in [0.5, 0.6) is 5.75 Å². The predicted molar refractivity (Wildman–Crippen MR) is 129 cm³/mol. The molecule has 1 N–H and O–H groups in total. The largest absolute Gasteiger partial charge is 0.496 e. The van der Waals surface area contributed by atoms with E-state index < -0.39 is 12.1 Å². The molecule has 0 aliphatic carbocycles. The molecule has 13 heteroatoms. The average Bonchev–Trinajstić information content (AvgIpc) is 3.58. The van der Waals surface area contributed by atoms with Crippen LogP contribution in [0.3, 0.4) is 0 Å². The fourth-order valence-corrected chi connectivity index (χ4v) is 4.10. The van der Waals surface area contributed by atoms with Gasteiger partial charge in [0.05, 0.1) is 24.9 Å². The summed E-state index contributed by atoms with van der Waals surface area (Å²) in [5, 5.41) is 16.0. The van der Waals surface area contributed by atoms with E-state index in [1.165, 1.54) is 6.26 Å². The van der Waals surface area contributed by atoms with Crippen LogP contribution in [0, 0.1) is 0 Å². The molecular formula is C25H24F3N5O5. The number of carboxylic acids is 1. The fourth-order valence-electron chi connectivity index (χ4n) is 4.10. The second-order valence-corrected chi connectivity index (χ2v) is 8.45. The molecule has 1 unspecified atom stereocenters. The number of likely N-dealkylation sites (N-methyl/N-ethyl adjacent to an activating group) is 1. The number of benzene rings is 1. The number of carbonyl (C=O) groups excluding carboxylic acids is 1. The van der Waals surface area contributed by atoms with Crippen molar-refractivity contribution in [2.45, 2.75) is 12.2 Å². The molecule has 1 aliphatic heterocycles. The molecule has 38 heavy (non-hydrogen) atoms. The highest BCUT2D eigenvalue weighted by atomic mass is 19.4. The second-order valence-electron chi connectivity index (χ2n) is 8.45.